The zero-order valence-corrected chi connectivity index (χ0v) is 12.0. The summed E-state index contributed by atoms with van der Waals surface area (Å²) in [5, 5.41) is 8.02. The van der Waals surface area contributed by atoms with Gasteiger partial charge in [-0.15, -0.1) is 11.3 Å². The first-order chi connectivity index (χ1) is 9.11. The number of carbonyl (C=O) groups is 1. The number of pyridine rings is 1. The van der Waals surface area contributed by atoms with E-state index < -0.39 is 0 Å². The van der Waals surface area contributed by atoms with E-state index in [1.54, 1.807) is 24.6 Å². The lowest BCUT2D eigenvalue weighted by atomic mass is 10.1. The van der Waals surface area contributed by atoms with Gasteiger partial charge in [0.25, 0.3) is 5.91 Å². The Balaban J connectivity index is 2.16. The minimum absolute atomic E-state index is 0.00138. The molecule has 0 saturated carbocycles. The first-order valence-electron chi connectivity index (χ1n) is 6.10. The molecular weight excluding hydrogens is 258 g/mol. The fourth-order valence-electron chi connectivity index (χ4n) is 1.83. The predicted octanol–water partition coefficient (Wildman–Crippen LogP) is 2.98. The molecule has 2 N–H and O–H groups in total. The van der Waals surface area contributed by atoms with E-state index in [0.717, 1.165) is 16.3 Å². The molecule has 1 amide bonds. The number of nitrogens with one attached hydrogen (secondary N) is 2. The summed E-state index contributed by atoms with van der Waals surface area (Å²) >= 11 is 1.63. The van der Waals surface area contributed by atoms with Gasteiger partial charge in [-0.3, -0.25) is 9.78 Å². The second-order valence-corrected chi connectivity index (χ2v) is 5.31. The summed E-state index contributed by atoms with van der Waals surface area (Å²) in [6.07, 6.45) is 1.61. The molecule has 2 aromatic heterocycles. The van der Waals surface area contributed by atoms with Crippen molar-refractivity contribution in [2.24, 2.45) is 0 Å². The van der Waals surface area contributed by atoms with E-state index in [2.05, 4.69) is 15.6 Å². The summed E-state index contributed by atoms with van der Waals surface area (Å²) < 4.78 is 0. The van der Waals surface area contributed by atoms with Crippen molar-refractivity contribution in [3.05, 3.63) is 45.9 Å². The second-order valence-electron chi connectivity index (χ2n) is 4.33. The molecule has 2 rings (SSSR count). The molecule has 1 atom stereocenters. The van der Waals surface area contributed by atoms with Crippen molar-refractivity contribution in [2.45, 2.75) is 19.9 Å². The second kappa shape index (κ2) is 5.84. The molecule has 0 aliphatic heterocycles. The summed E-state index contributed by atoms with van der Waals surface area (Å²) in [4.78, 5) is 17.6. The van der Waals surface area contributed by atoms with E-state index in [0.29, 0.717) is 5.56 Å². The number of aromatic nitrogens is 1. The van der Waals surface area contributed by atoms with Crippen molar-refractivity contribution < 1.29 is 4.79 Å². The fourth-order valence-corrected chi connectivity index (χ4v) is 2.57. The van der Waals surface area contributed by atoms with Crippen LogP contribution in [0.5, 0.6) is 0 Å². The minimum atomic E-state index is -0.113. The largest absolute Gasteiger partial charge is 0.387 e. The highest BCUT2D eigenvalue weighted by atomic mass is 32.1. The molecule has 0 aliphatic carbocycles. The molecule has 0 fully saturated rings. The number of carbonyl (C=O) groups excluding carboxylic acids is 1. The Morgan fingerprint density at radius 3 is 2.89 bits per heavy atom. The number of thiophene rings is 1. The maximum absolute atomic E-state index is 12.3. The van der Waals surface area contributed by atoms with E-state index in [1.165, 1.54) is 0 Å². The van der Waals surface area contributed by atoms with Gasteiger partial charge in [-0.2, -0.15) is 0 Å². The van der Waals surface area contributed by atoms with Crippen LogP contribution >= 0.6 is 11.3 Å². The maximum Gasteiger partial charge on any atom is 0.255 e. The van der Waals surface area contributed by atoms with Gasteiger partial charge in [-0.25, -0.2) is 0 Å². The number of amides is 1. The highest BCUT2D eigenvalue weighted by molar-refractivity contribution is 7.10. The van der Waals surface area contributed by atoms with E-state index in [-0.39, 0.29) is 11.9 Å². The van der Waals surface area contributed by atoms with Crippen molar-refractivity contribution in [1.82, 2.24) is 10.3 Å². The van der Waals surface area contributed by atoms with Crippen LogP contribution in [0.15, 0.2) is 29.8 Å². The normalized spacial score (nSPS) is 11.9. The fraction of sp³-hybridized carbons (Fsp3) is 0.286. The molecule has 0 aromatic carbocycles. The van der Waals surface area contributed by atoms with Gasteiger partial charge >= 0.3 is 0 Å². The van der Waals surface area contributed by atoms with E-state index >= 15 is 0 Å². The number of nitrogens with zero attached hydrogens (tertiary/aromatic N) is 1. The van der Waals surface area contributed by atoms with Crippen LogP contribution in [0.2, 0.25) is 0 Å². The summed E-state index contributed by atoms with van der Waals surface area (Å²) in [5.41, 5.74) is 2.24. The number of rotatable bonds is 4. The third kappa shape index (κ3) is 3.12. The molecule has 0 saturated heterocycles. The zero-order valence-electron chi connectivity index (χ0n) is 11.2. The topological polar surface area (TPSA) is 54.0 Å². The Morgan fingerprint density at radius 2 is 2.26 bits per heavy atom. The monoisotopic (exact) mass is 275 g/mol. The number of anilines is 1. The lowest BCUT2D eigenvalue weighted by molar-refractivity contribution is 0.0941. The van der Waals surface area contributed by atoms with Crippen LogP contribution in [0.25, 0.3) is 0 Å². The molecule has 2 aromatic rings. The smallest absolute Gasteiger partial charge is 0.255 e. The van der Waals surface area contributed by atoms with Gasteiger partial charge in [-0.1, -0.05) is 6.07 Å². The van der Waals surface area contributed by atoms with Gasteiger partial charge in [0.1, 0.15) is 0 Å². The number of aryl methyl sites for hydroxylation is 1. The molecule has 4 nitrogen and oxygen atoms in total. The van der Waals surface area contributed by atoms with E-state index in [9.17, 15) is 4.79 Å². The van der Waals surface area contributed by atoms with Crippen LogP contribution in [0, 0.1) is 6.92 Å². The maximum atomic E-state index is 12.3. The predicted molar refractivity (Wildman–Crippen MR) is 78.7 cm³/mol. The van der Waals surface area contributed by atoms with Crippen LogP contribution in [-0.2, 0) is 0 Å². The average Bonchev–Trinajstić information content (AvgIpc) is 2.92. The van der Waals surface area contributed by atoms with Crippen molar-refractivity contribution in [1.29, 1.82) is 0 Å². The molecular formula is C14H17N3OS. The lowest BCUT2D eigenvalue weighted by Crippen LogP contribution is -2.27. The number of hydrogen-bond donors (Lipinski definition) is 2. The number of hydrogen-bond acceptors (Lipinski definition) is 4. The quantitative estimate of drug-likeness (QED) is 0.902. The van der Waals surface area contributed by atoms with Crippen molar-refractivity contribution in [3.63, 3.8) is 0 Å². The Kier molecular flexibility index (Phi) is 4.16. The van der Waals surface area contributed by atoms with E-state index in [4.69, 9.17) is 0 Å². The SMILES string of the molecule is CNc1cc(C)ncc1C(=O)NC(C)c1cccs1. The molecule has 0 spiro atoms. The Hall–Kier alpha value is -1.88. The third-order valence-electron chi connectivity index (χ3n) is 2.87. The van der Waals surface area contributed by atoms with Gasteiger partial charge in [0.15, 0.2) is 0 Å². The molecule has 0 radical (unpaired) electrons. The molecule has 19 heavy (non-hydrogen) atoms. The summed E-state index contributed by atoms with van der Waals surface area (Å²) in [6.45, 7) is 3.88. The van der Waals surface area contributed by atoms with Crippen molar-refractivity contribution >= 4 is 22.9 Å². The van der Waals surface area contributed by atoms with Gasteiger partial charge in [0, 0.05) is 23.8 Å². The standard InChI is InChI=1S/C14H17N3OS/c1-9-7-12(15-3)11(8-16-9)14(18)17-10(2)13-5-4-6-19-13/h4-8,10H,1-3H3,(H,15,16)(H,17,18). The molecule has 0 bridgehead atoms. The Labute approximate surface area is 116 Å². The van der Waals surface area contributed by atoms with Gasteiger partial charge < -0.3 is 10.6 Å². The highest BCUT2D eigenvalue weighted by Gasteiger charge is 2.15. The van der Waals surface area contributed by atoms with Gasteiger partial charge in [0.2, 0.25) is 0 Å². The van der Waals surface area contributed by atoms with Crippen LogP contribution in [0.3, 0.4) is 0 Å². The minimum Gasteiger partial charge on any atom is -0.387 e. The summed E-state index contributed by atoms with van der Waals surface area (Å²) in [5.74, 6) is -0.113. The van der Waals surface area contributed by atoms with Crippen LogP contribution in [0.4, 0.5) is 5.69 Å². The van der Waals surface area contributed by atoms with E-state index in [1.807, 2.05) is 37.4 Å². The molecule has 100 valence electrons. The summed E-state index contributed by atoms with van der Waals surface area (Å²) in [6, 6.07) is 5.86. The molecule has 0 aliphatic rings. The van der Waals surface area contributed by atoms with Crippen molar-refractivity contribution in [3.8, 4) is 0 Å². The molecule has 1 unspecified atom stereocenters. The first kappa shape index (κ1) is 13.5. The third-order valence-corrected chi connectivity index (χ3v) is 3.93. The van der Waals surface area contributed by atoms with Gasteiger partial charge in [0.05, 0.1) is 17.3 Å². The average molecular weight is 275 g/mol. The van der Waals surface area contributed by atoms with Crippen LogP contribution < -0.4 is 10.6 Å². The Bertz CT molecular complexity index is 566. The lowest BCUT2D eigenvalue weighted by Gasteiger charge is -2.14. The van der Waals surface area contributed by atoms with Crippen molar-refractivity contribution in [2.75, 3.05) is 12.4 Å². The van der Waals surface area contributed by atoms with Crippen LogP contribution in [-0.4, -0.2) is 17.9 Å². The molecule has 2 heterocycles. The molecule has 5 heteroatoms. The van der Waals surface area contributed by atoms with Crippen LogP contribution in [0.1, 0.15) is 33.9 Å². The Morgan fingerprint density at radius 1 is 1.47 bits per heavy atom. The highest BCUT2D eigenvalue weighted by Crippen LogP contribution is 2.20. The summed E-state index contributed by atoms with van der Waals surface area (Å²) in [7, 11) is 1.80. The first-order valence-corrected chi connectivity index (χ1v) is 6.98. The zero-order chi connectivity index (χ0) is 13.8. The van der Waals surface area contributed by atoms with Gasteiger partial charge in [-0.05, 0) is 31.4 Å².